The smallest absolute Gasteiger partial charge is 0.324 e. The highest BCUT2D eigenvalue weighted by Gasteiger charge is 2.41. The summed E-state index contributed by atoms with van der Waals surface area (Å²) < 4.78 is 6.30. The zero-order valence-electron chi connectivity index (χ0n) is 16.4. The summed E-state index contributed by atoms with van der Waals surface area (Å²) in [5.74, 6) is -0.491. The molecular formula is C25H23N3O2. The van der Waals surface area contributed by atoms with Crippen LogP contribution in [0.2, 0.25) is 0 Å². The van der Waals surface area contributed by atoms with Gasteiger partial charge < -0.3 is 15.5 Å². The Balaban J connectivity index is 1.81. The quantitative estimate of drug-likeness (QED) is 0.367. The van der Waals surface area contributed by atoms with Gasteiger partial charge in [-0.15, -0.1) is 0 Å². The van der Waals surface area contributed by atoms with E-state index in [1.54, 1.807) is 12.5 Å². The number of carbonyl (C=O) groups excluding carboxylic acids is 1. The lowest BCUT2D eigenvalue weighted by Crippen LogP contribution is -2.42. The summed E-state index contributed by atoms with van der Waals surface area (Å²) in [7, 11) is 0. The van der Waals surface area contributed by atoms with Gasteiger partial charge in [-0.1, -0.05) is 91.0 Å². The minimum absolute atomic E-state index is 0.288. The van der Waals surface area contributed by atoms with Gasteiger partial charge in [-0.25, -0.2) is 4.98 Å². The van der Waals surface area contributed by atoms with Crippen LogP contribution in [0.1, 0.15) is 22.4 Å². The van der Waals surface area contributed by atoms with Crippen molar-refractivity contribution in [2.75, 3.05) is 0 Å². The normalized spacial score (nSPS) is 12.3. The van der Waals surface area contributed by atoms with Crippen molar-refractivity contribution in [2.24, 2.45) is 5.73 Å². The standard InChI is InChI=1S/C25H23N3O2/c26-23(16-22-17-27-18-28-22)24(29)30-25(19-10-4-1-5-11-19,20-12-6-2-7-13-20)21-14-8-3-9-15-21/h1-15,17-18,23H,16,26H2,(H,27,28)/t23-/m0/s1. The Morgan fingerprint density at radius 2 is 1.33 bits per heavy atom. The number of aromatic nitrogens is 2. The Bertz CT molecular complexity index is 969. The van der Waals surface area contributed by atoms with E-state index in [0.717, 1.165) is 16.7 Å². The summed E-state index contributed by atoms with van der Waals surface area (Å²) >= 11 is 0. The Morgan fingerprint density at radius 1 is 0.867 bits per heavy atom. The van der Waals surface area contributed by atoms with Gasteiger partial charge in [0.15, 0.2) is 5.60 Å². The number of carbonyl (C=O) groups is 1. The summed E-state index contributed by atoms with van der Waals surface area (Å²) in [6, 6.07) is 28.4. The van der Waals surface area contributed by atoms with E-state index in [1.807, 2.05) is 91.0 Å². The van der Waals surface area contributed by atoms with Crippen molar-refractivity contribution in [3.05, 3.63) is 126 Å². The number of hydrogen-bond acceptors (Lipinski definition) is 4. The number of H-pyrrole nitrogens is 1. The fourth-order valence-electron chi connectivity index (χ4n) is 3.63. The third-order valence-corrected chi connectivity index (χ3v) is 5.08. The first-order chi connectivity index (χ1) is 14.7. The molecule has 0 radical (unpaired) electrons. The highest BCUT2D eigenvalue weighted by Crippen LogP contribution is 2.40. The fourth-order valence-corrected chi connectivity index (χ4v) is 3.63. The third kappa shape index (κ3) is 3.88. The second-order valence-electron chi connectivity index (χ2n) is 7.07. The van der Waals surface area contributed by atoms with E-state index in [4.69, 9.17) is 10.5 Å². The topological polar surface area (TPSA) is 81.0 Å². The van der Waals surface area contributed by atoms with Crippen LogP contribution in [0.3, 0.4) is 0 Å². The molecule has 0 bridgehead atoms. The van der Waals surface area contributed by atoms with Crippen LogP contribution in [-0.2, 0) is 21.6 Å². The molecule has 0 unspecified atom stereocenters. The van der Waals surface area contributed by atoms with Crippen molar-refractivity contribution < 1.29 is 9.53 Å². The van der Waals surface area contributed by atoms with Crippen LogP contribution in [0.25, 0.3) is 0 Å². The number of hydrogen-bond donors (Lipinski definition) is 2. The Hall–Kier alpha value is -3.70. The van der Waals surface area contributed by atoms with E-state index in [0.29, 0.717) is 5.69 Å². The molecule has 150 valence electrons. The van der Waals surface area contributed by atoms with Crippen LogP contribution < -0.4 is 5.73 Å². The SMILES string of the molecule is N[C@@H](Cc1c[nH]cn1)C(=O)OC(c1ccccc1)(c1ccccc1)c1ccccc1. The van der Waals surface area contributed by atoms with Gasteiger partial charge in [0, 0.05) is 29.3 Å². The van der Waals surface area contributed by atoms with Gasteiger partial charge in [-0.3, -0.25) is 4.79 Å². The summed E-state index contributed by atoms with van der Waals surface area (Å²) in [5.41, 5.74) is 8.36. The number of aromatic amines is 1. The van der Waals surface area contributed by atoms with Crippen LogP contribution >= 0.6 is 0 Å². The molecule has 0 spiro atoms. The highest BCUT2D eigenvalue weighted by molar-refractivity contribution is 5.77. The highest BCUT2D eigenvalue weighted by atomic mass is 16.6. The Morgan fingerprint density at radius 3 is 1.73 bits per heavy atom. The molecule has 3 aromatic carbocycles. The van der Waals surface area contributed by atoms with E-state index in [2.05, 4.69) is 9.97 Å². The van der Waals surface area contributed by atoms with Gasteiger partial charge >= 0.3 is 5.97 Å². The molecule has 0 aliphatic heterocycles. The van der Waals surface area contributed by atoms with Gasteiger partial charge in [-0.05, 0) is 0 Å². The molecule has 0 fully saturated rings. The summed E-state index contributed by atoms with van der Waals surface area (Å²) in [5, 5.41) is 0. The van der Waals surface area contributed by atoms with E-state index in [-0.39, 0.29) is 6.42 Å². The number of benzene rings is 3. The monoisotopic (exact) mass is 397 g/mol. The molecule has 5 nitrogen and oxygen atoms in total. The predicted octanol–water partition coefficient (Wildman–Crippen LogP) is 3.81. The molecule has 0 aliphatic rings. The number of nitrogens with one attached hydrogen (secondary N) is 1. The molecule has 0 saturated carbocycles. The maximum absolute atomic E-state index is 13.2. The lowest BCUT2D eigenvalue weighted by atomic mass is 9.80. The third-order valence-electron chi connectivity index (χ3n) is 5.08. The average Bonchev–Trinajstić information content (AvgIpc) is 3.32. The van der Waals surface area contributed by atoms with Crippen LogP contribution in [0.15, 0.2) is 104 Å². The lowest BCUT2D eigenvalue weighted by molar-refractivity contribution is -0.155. The molecule has 4 aromatic rings. The molecule has 0 aliphatic carbocycles. The van der Waals surface area contributed by atoms with Crippen molar-refractivity contribution in [3.63, 3.8) is 0 Å². The van der Waals surface area contributed by atoms with Gasteiger partial charge in [0.25, 0.3) is 0 Å². The summed E-state index contributed by atoms with van der Waals surface area (Å²) in [4.78, 5) is 20.3. The molecule has 3 N–H and O–H groups in total. The Labute approximate surface area is 175 Å². The van der Waals surface area contributed by atoms with E-state index in [1.165, 1.54) is 0 Å². The average molecular weight is 397 g/mol. The molecule has 30 heavy (non-hydrogen) atoms. The lowest BCUT2D eigenvalue weighted by Gasteiger charge is -2.36. The second kappa shape index (κ2) is 8.76. The maximum Gasteiger partial charge on any atom is 0.324 e. The minimum atomic E-state index is -1.12. The first-order valence-corrected chi connectivity index (χ1v) is 9.83. The molecule has 0 amide bonds. The molecule has 1 heterocycles. The maximum atomic E-state index is 13.2. The molecule has 4 rings (SSSR count). The fraction of sp³-hybridized carbons (Fsp3) is 0.120. The van der Waals surface area contributed by atoms with E-state index >= 15 is 0 Å². The van der Waals surface area contributed by atoms with Crippen LogP contribution in [0.4, 0.5) is 0 Å². The number of esters is 1. The van der Waals surface area contributed by atoms with Gasteiger partial charge in [-0.2, -0.15) is 0 Å². The van der Waals surface area contributed by atoms with Gasteiger partial charge in [0.1, 0.15) is 6.04 Å². The van der Waals surface area contributed by atoms with Gasteiger partial charge in [0.2, 0.25) is 0 Å². The first kappa shape index (κ1) is 19.6. The van der Waals surface area contributed by atoms with Gasteiger partial charge in [0.05, 0.1) is 12.0 Å². The van der Waals surface area contributed by atoms with E-state index < -0.39 is 17.6 Å². The molecule has 5 heteroatoms. The number of nitrogens with two attached hydrogens (primary N) is 1. The number of nitrogens with zero attached hydrogens (tertiary/aromatic N) is 1. The summed E-state index contributed by atoms with van der Waals surface area (Å²) in [6.07, 6.45) is 3.58. The van der Waals surface area contributed by atoms with Crippen molar-refractivity contribution >= 4 is 5.97 Å². The number of imidazole rings is 1. The zero-order valence-corrected chi connectivity index (χ0v) is 16.4. The van der Waals surface area contributed by atoms with E-state index in [9.17, 15) is 4.79 Å². The van der Waals surface area contributed by atoms with Crippen LogP contribution in [-0.4, -0.2) is 22.0 Å². The van der Waals surface area contributed by atoms with Crippen molar-refractivity contribution in [3.8, 4) is 0 Å². The molecular weight excluding hydrogens is 374 g/mol. The second-order valence-corrected chi connectivity index (χ2v) is 7.07. The van der Waals surface area contributed by atoms with Crippen molar-refractivity contribution in [1.82, 2.24) is 9.97 Å². The molecule has 0 saturated heterocycles. The first-order valence-electron chi connectivity index (χ1n) is 9.83. The zero-order chi connectivity index (χ0) is 20.8. The summed E-state index contributed by atoms with van der Waals surface area (Å²) in [6.45, 7) is 0. The molecule has 1 atom stereocenters. The van der Waals surface area contributed by atoms with Crippen LogP contribution in [0, 0.1) is 0 Å². The van der Waals surface area contributed by atoms with Crippen molar-refractivity contribution in [2.45, 2.75) is 18.1 Å². The minimum Gasteiger partial charge on any atom is -0.443 e. The molecule has 1 aromatic heterocycles. The Kier molecular flexibility index (Phi) is 5.72. The predicted molar refractivity (Wildman–Crippen MR) is 116 cm³/mol. The van der Waals surface area contributed by atoms with Crippen LogP contribution in [0.5, 0.6) is 0 Å². The number of rotatable bonds is 7. The number of ether oxygens (including phenoxy) is 1. The van der Waals surface area contributed by atoms with Crippen molar-refractivity contribution in [1.29, 1.82) is 0 Å². The largest absolute Gasteiger partial charge is 0.443 e.